The number of imide groups is 1. The van der Waals surface area contributed by atoms with Crippen molar-refractivity contribution in [2.75, 3.05) is 19.6 Å². The number of carbonyl (C=O) groups excluding carboxylic acids is 2. The number of carbonyl (C=O) groups is 3. The van der Waals surface area contributed by atoms with Gasteiger partial charge < -0.3 is 10.0 Å². The van der Waals surface area contributed by atoms with Crippen LogP contribution < -0.4 is 0 Å². The summed E-state index contributed by atoms with van der Waals surface area (Å²) in [4.78, 5) is 36.8. The first-order valence-electron chi connectivity index (χ1n) is 6.76. The minimum absolute atomic E-state index is 0.199. The summed E-state index contributed by atoms with van der Waals surface area (Å²) in [6.07, 6.45) is 7.65. The van der Waals surface area contributed by atoms with E-state index in [-0.39, 0.29) is 17.7 Å². The van der Waals surface area contributed by atoms with E-state index in [1.807, 2.05) is 0 Å². The van der Waals surface area contributed by atoms with E-state index in [0.717, 1.165) is 0 Å². The van der Waals surface area contributed by atoms with Crippen molar-refractivity contribution in [2.24, 2.45) is 5.92 Å². The highest BCUT2D eigenvalue weighted by molar-refractivity contribution is 6.05. The Morgan fingerprint density at radius 2 is 1.95 bits per heavy atom. The highest BCUT2D eigenvalue weighted by atomic mass is 16.4. The minimum atomic E-state index is -0.894. The normalized spacial score (nSPS) is 20.7. The second kappa shape index (κ2) is 6.36. The molecule has 1 saturated heterocycles. The molecule has 2 aliphatic heterocycles. The van der Waals surface area contributed by atoms with Crippen LogP contribution in [0.1, 0.15) is 19.3 Å². The smallest absolute Gasteiger partial charge is 0.407 e. The van der Waals surface area contributed by atoms with Gasteiger partial charge in [0.25, 0.3) is 11.8 Å². The number of rotatable bonds is 2. The van der Waals surface area contributed by atoms with Gasteiger partial charge in [0.1, 0.15) is 0 Å². The van der Waals surface area contributed by atoms with Crippen LogP contribution >= 0.6 is 0 Å². The second-order valence-corrected chi connectivity index (χ2v) is 4.99. The molecule has 0 bridgehead atoms. The van der Waals surface area contributed by atoms with Crippen molar-refractivity contribution in [2.45, 2.75) is 19.3 Å². The van der Waals surface area contributed by atoms with Gasteiger partial charge in [-0.2, -0.15) is 0 Å². The predicted octanol–water partition coefficient (Wildman–Crippen LogP) is 1.25. The molecule has 20 heavy (non-hydrogen) atoms. The van der Waals surface area contributed by atoms with Gasteiger partial charge in [0.15, 0.2) is 0 Å². The summed E-state index contributed by atoms with van der Waals surface area (Å²) in [6.45, 7) is 1.41. The largest absolute Gasteiger partial charge is 0.465 e. The lowest BCUT2D eigenvalue weighted by Crippen LogP contribution is -2.38. The Morgan fingerprint density at radius 1 is 1.25 bits per heavy atom. The fourth-order valence-electron chi connectivity index (χ4n) is 2.40. The Bertz CT molecular complexity index is 462. The van der Waals surface area contributed by atoms with Gasteiger partial charge in [0, 0.05) is 19.6 Å². The third-order valence-corrected chi connectivity index (χ3v) is 3.63. The van der Waals surface area contributed by atoms with E-state index < -0.39 is 6.09 Å². The molecule has 0 atom stereocenters. The van der Waals surface area contributed by atoms with Crippen LogP contribution in [-0.4, -0.2) is 52.4 Å². The Labute approximate surface area is 117 Å². The third kappa shape index (κ3) is 3.46. The first-order valence-corrected chi connectivity index (χ1v) is 6.76. The van der Waals surface area contributed by atoms with Crippen LogP contribution in [0.15, 0.2) is 24.3 Å². The molecule has 3 amide bonds. The highest BCUT2D eigenvalue weighted by Crippen LogP contribution is 2.18. The second-order valence-electron chi connectivity index (χ2n) is 4.99. The Hall–Kier alpha value is -2.11. The number of hydrogen-bond donors (Lipinski definition) is 1. The van der Waals surface area contributed by atoms with Gasteiger partial charge in [-0.15, -0.1) is 0 Å². The maximum absolute atomic E-state index is 11.9. The van der Waals surface area contributed by atoms with Crippen molar-refractivity contribution in [3.05, 3.63) is 24.3 Å². The molecule has 2 rings (SSSR count). The van der Waals surface area contributed by atoms with Gasteiger partial charge in [-0.1, -0.05) is 12.2 Å². The van der Waals surface area contributed by atoms with Crippen LogP contribution in [0, 0.1) is 5.92 Å². The lowest BCUT2D eigenvalue weighted by Gasteiger charge is -2.28. The lowest BCUT2D eigenvalue weighted by molar-refractivity contribution is -0.139. The number of likely N-dealkylation sites (tertiary alicyclic amines) is 1. The number of allylic oxidation sites excluding steroid dienone is 1. The molecule has 108 valence electrons. The van der Waals surface area contributed by atoms with E-state index in [1.165, 1.54) is 22.0 Å². The van der Waals surface area contributed by atoms with Crippen LogP contribution in [0.2, 0.25) is 0 Å². The molecule has 2 aliphatic rings. The summed E-state index contributed by atoms with van der Waals surface area (Å²) in [5.74, 6) is -0.364. The maximum Gasteiger partial charge on any atom is 0.407 e. The van der Waals surface area contributed by atoms with Gasteiger partial charge >= 0.3 is 6.09 Å². The van der Waals surface area contributed by atoms with Crippen molar-refractivity contribution < 1.29 is 19.5 Å². The molecule has 0 aromatic heterocycles. The van der Waals surface area contributed by atoms with Crippen molar-refractivity contribution in [1.82, 2.24) is 9.80 Å². The van der Waals surface area contributed by atoms with Crippen molar-refractivity contribution in [3.63, 3.8) is 0 Å². The Kier molecular flexibility index (Phi) is 4.55. The highest BCUT2D eigenvalue weighted by Gasteiger charge is 2.22. The zero-order valence-corrected chi connectivity index (χ0v) is 11.2. The molecule has 0 aliphatic carbocycles. The van der Waals surface area contributed by atoms with Gasteiger partial charge in [-0.05, 0) is 37.3 Å². The van der Waals surface area contributed by atoms with Crippen LogP contribution in [0.25, 0.3) is 0 Å². The molecule has 6 nitrogen and oxygen atoms in total. The summed E-state index contributed by atoms with van der Waals surface area (Å²) in [5, 5.41) is 8.85. The first kappa shape index (κ1) is 14.3. The van der Waals surface area contributed by atoms with Crippen LogP contribution in [0.4, 0.5) is 4.79 Å². The van der Waals surface area contributed by atoms with E-state index >= 15 is 0 Å². The topological polar surface area (TPSA) is 77.9 Å². The predicted molar refractivity (Wildman–Crippen MR) is 71.9 cm³/mol. The summed E-state index contributed by atoms with van der Waals surface area (Å²) < 4.78 is 0. The quantitative estimate of drug-likeness (QED) is 0.771. The molecular formula is C14H18N2O4. The summed E-state index contributed by atoms with van der Waals surface area (Å²) in [7, 11) is 0. The van der Waals surface area contributed by atoms with E-state index in [2.05, 4.69) is 0 Å². The molecule has 0 aromatic carbocycles. The van der Waals surface area contributed by atoms with Gasteiger partial charge in [0.05, 0.1) is 0 Å². The molecule has 6 heteroatoms. The van der Waals surface area contributed by atoms with Crippen molar-refractivity contribution in [3.8, 4) is 0 Å². The molecule has 0 saturated carbocycles. The summed E-state index contributed by atoms with van der Waals surface area (Å²) in [6, 6.07) is 0. The Morgan fingerprint density at radius 3 is 2.55 bits per heavy atom. The number of hydrogen-bond acceptors (Lipinski definition) is 3. The molecule has 2 heterocycles. The van der Waals surface area contributed by atoms with Crippen molar-refractivity contribution in [1.29, 1.82) is 0 Å². The molecular weight excluding hydrogens is 260 g/mol. The molecule has 0 aromatic rings. The van der Waals surface area contributed by atoms with E-state index in [4.69, 9.17) is 5.11 Å². The van der Waals surface area contributed by atoms with Gasteiger partial charge in [0.2, 0.25) is 0 Å². The summed E-state index contributed by atoms with van der Waals surface area (Å²) >= 11 is 0. The van der Waals surface area contributed by atoms with E-state index in [0.29, 0.717) is 38.9 Å². The van der Waals surface area contributed by atoms with Gasteiger partial charge in [-0.25, -0.2) is 4.79 Å². The molecule has 0 radical (unpaired) electrons. The average Bonchev–Trinajstić information content (AvgIpc) is 2.45. The molecule has 0 unspecified atom stereocenters. The third-order valence-electron chi connectivity index (χ3n) is 3.63. The standard InChI is InChI=1S/C14H18N2O4/c17-12-3-1-2-8-16(12)13(18)5-4-11-6-9-15(10-7-11)14(19)20/h1,3-5,11H,2,6-10H2,(H,19,20)/b5-4+. The SMILES string of the molecule is O=C(O)N1CCC(/C=C/C(=O)N2CCC=CC2=O)CC1. The maximum atomic E-state index is 11.9. The van der Waals surface area contributed by atoms with Gasteiger partial charge in [-0.3, -0.25) is 14.5 Å². The molecule has 1 N–H and O–H groups in total. The van der Waals surface area contributed by atoms with Crippen LogP contribution in [0.3, 0.4) is 0 Å². The van der Waals surface area contributed by atoms with Crippen molar-refractivity contribution >= 4 is 17.9 Å². The Balaban J connectivity index is 1.84. The van der Waals surface area contributed by atoms with E-state index in [9.17, 15) is 14.4 Å². The first-order chi connectivity index (χ1) is 9.58. The minimum Gasteiger partial charge on any atom is -0.465 e. The molecule has 1 fully saturated rings. The average molecular weight is 278 g/mol. The number of carboxylic acid groups (broad SMARTS) is 1. The van der Waals surface area contributed by atoms with E-state index in [1.54, 1.807) is 12.2 Å². The lowest BCUT2D eigenvalue weighted by atomic mass is 9.96. The zero-order chi connectivity index (χ0) is 14.5. The monoisotopic (exact) mass is 278 g/mol. The zero-order valence-electron chi connectivity index (χ0n) is 11.2. The fraction of sp³-hybridized carbons (Fsp3) is 0.500. The number of amides is 3. The number of nitrogens with zero attached hydrogens (tertiary/aromatic N) is 2. The number of piperidine rings is 1. The fourth-order valence-corrected chi connectivity index (χ4v) is 2.40. The van der Waals surface area contributed by atoms with Crippen LogP contribution in [0.5, 0.6) is 0 Å². The summed E-state index contributed by atoms with van der Waals surface area (Å²) in [5.41, 5.74) is 0. The van der Waals surface area contributed by atoms with Crippen LogP contribution in [-0.2, 0) is 9.59 Å². The molecule has 0 spiro atoms.